The van der Waals surface area contributed by atoms with Gasteiger partial charge in [0, 0.05) is 23.4 Å². The first kappa shape index (κ1) is 14.9. The van der Waals surface area contributed by atoms with Gasteiger partial charge in [-0.15, -0.1) is 11.3 Å². The number of hydrogen-bond acceptors (Lipinski definition) is 3. The van der Waals surface area contributed by atoms with Gasteiger partial charge in [0.2, 0.25) is 5.91 Å². The summed E-state index contributed by atoms with van der Waals surface area (Å²) in [5.74, 6) is 0.547. The van der Waals surface area contributed by atoms with Crippen molar-refractivity contribution in [2.45, 2.75) is 50.7 Å². The Bertz CT molecular complexity index is 706. The molecule has 4 heteroatoms. The molecule has 0 saturated heterocycles. The lowest BCUT2D eigenvalue weighted by Gasteiger charge is -2.39. The van der Waals surface area contributed by atoms with Gasteiger partial charge in [-0.1, -0.05) is 25.0 Å². The highest BCUT2D eigenvalue weighted by molar-refractivity contribution is 7.10. The fourth-order valence-corrected chi connectivity index (χ4v) is 4.98. The van der Waals surface area contributed by atoms with Gasteiger partial charge in [0.15, 0.2) is 0 Å². The van der Waals surface area contributed by atoms with Crippen LogP contribution in [0.25, 0.3) is 0 Å². The summed E-state index contributed by atoms with van der Waals surface area (Å²) in [5, 5.41) is 5.01. The number of carbonyl (C=O) groups is 1. The standard InChI is InChI=1S/C19H21NO2S/c1-12(21)20-14-8-6-13(7-9-14)18-16-10-11-23-19(16)15-4-2-3-5-17(15)22-18/h6-11,15,17-18H,2-5H2,1H3,(H,20,21)/t15-,17-,18-/m0/s1. The number of nitrogens with one attached hydrogen (secondary N) is 1. The van der Waals surface area contributed by atoms with Crippen LogP contribution in [0.2, 0.25) is 0 Å². The van der Waals surface area contributed by atoms with Gasteiger partial charge < -0.3 is 10.1 Å². The topological polar surface area (TPSA) is 38.3 Å². The van der Waals surface area contributed by atoms with Crippen molar-refractivity contribution in [3.8, 4) is 0 Å². The average molecular weight is 327 g/mol. The zero-order valence-corrected chi connectivity index (χ0v) is 14.1. The van der Waals surface area contributed by atoms with E-state index >= 15 is 0 Å². The van der Waals surface area contributed by atoms with E-state index in [0.717, 1.165) is 5.69 Å². The third-order valence-corrected chi connectivity index (χ3v) is 5.96. The van der Waals surface area contributed by atoms with Crippen molar-refractivity contribution in [3.05, 3.63) is 51.7 Å². The summed E-state index contributed by atoms with van der Waals surface area (Å²) in [5.41, 5.74) is 3.34. The fraction of sp³-hybridized carbons (Fsp3) is 0.421. The number of benzene rings is 1. The number of carbonyl (C=O) groups excluding carboxylic acids is 1. The monoisotopic (exact) mass is 327 g/mol. The van der Waals surface area contributed by atoms with Crippen molar-refractivity contribution >= 4 is 22.9 Å². The third-order valence-electron chi connectivity index (χ3n) is 4.89. The Morgan fingerprint density at radius 3 is 2.74 bits per heavy atom. The quantitative estimate of drug-likeness (QED) is 0.856. The third kappa shape index (κ3) is 2.81. The van der Waals surface area contributed by atoms with E-state index in [1.54, 1.807) is 0 Å². The fourth-order valence-electron chi connectivity index (χ4n) is 3.86. The molecule has 1 N–H and O–H groups in total. The maximum atomic E-state index is 11.2. The van der Waals surface area contributed by atoms with Crippen molar-refractivity contribution in [3.63, 3.8) is 0 Å². The largest absolute Gasteiger partial charge is 0.365 e. The normalized spacial score (nSPS) is 26.2. The summed E-state index contributed by atoms with van der Waals surface area (Å²) in [6.45, 7) is 1.53. The van der Waals surface area contributed by atoms with Gasteiger partial charge in [0.25, 0.3) is 0 Å². The molecular weight excluding hydrogens is 306 g/mol. The number of hydrogen-bond donors (Lipinski definition) is 1. The van der Waals surface area contributed by atoms with E-state index in [2.05, 4.69) is 28.9 Å². The summed E-state index contributed by atoms with van der Waals surface area (Å²) in [7, 11) is 0. The molecule has 0 unspecified atom stereocenters. The molecule has 3 nitrogen and oxygen atoms in total. The molecule has 4 rings (SSSR count). The second kappa shape index (κ2) is 6.10. The predicted octanol–water partition coefficient (Wildman–Crippen LogP) is 4.85. The number of amides is 1. The molecule has 1 aliphatic heterocycles. The van der Waals surface area contributed by atoms with E-state index in [-0.39, 0.29) is 12.0 Å². The summed E-state index contributed by atoms with van der Waals surface area (Å²) in [4.78, 5) is 12.7. The lowest BCUT2D eigenvalue weighted by Crippen LogP contribution is -2.32. The van der Waals surface area contributed by atoms with Crippen molar-refractivity contribution < 1.29 is 9.53 Å². The number of thiophene rings is 1. The van der Waals surface area contributed by atoms with E-state index in [4.69, 9.17) is 4.74 Å². The van der Waals surface area contributed by atoms with E-state index < -0.39 is 0 Å². The molecule has 2 heterocycles. The van der Waals surface area contributed by atoms with Crippen LogP contribution in [-0.4, -0.2) is 12.0 Å². The molecule has 120 valence electrons. The SMILES string of the molecule is CC(=O)Nc1ccc([C@@H]2O[C@H]3CCCC[C@@H]3c3sccc32)cc1. The zero-order valence-electron chi connectivity index (χ0n) is 13.2. The predicted molar refractivity (Wildman–Crippen MR) is 93.0 cm³/mol. The Hall–Kier alpha value is -1.65. The van der Waals surface area contributed by atoms with Gasteiger partial charge in [-0.2, -0.15) is 0 Å². The van der Waals surface area contributed by atoms with Crippen molar-refractivity contribution in [2.75, 3.05) is 5.32 Å². The van der Waals surface area contributed by atoms with Gasteiger partial charge in [0.1, 0.15) is 6.10 Å². The first-order valence-corrected chi connectivity index (χ1v) is 9.20. The second-order valence-electron chi connectivity index (χ2n) is 6.49. The molecule has 1 amide bonds. The molecule has 0 radical (unpaired) electrons. The molecule has 1 saturated carbocycles. The molecule has 1 fully saturated rings. The van der Waals surface area contributed by atoms with Crippen LogP contribution in [0.15, 0.2) is 35.7 Å². The number of fused-ring (bicyclic) bond motifs is 3. The lowest BCUT2D eigenvalue weighted by atomic mass is 9.80. The van der Waals surface area contributed by atoms with Gasteiger partial charge in [-0.05, 0) is 47.5 Å². The first-order valence-electron chi connectivity index (χ1n) is 8.32. The minimum absolute atomic E-state index is 0.0296. The van der Waals surface area contributed by atoms with E-state index in [1.165, 1.54) is 48.6 Å². The molecule has 1 aromatic carbocycles. The highest BCUT2D eigenvalue weighted by Crippen LogP contribution is 2.48. The Morgan fingerprint density at radius 2 is 1.96 bits per heavy atom. The number of ether oxygens (including phenoxy) is 1. The molecule has 23 heavy (non-hydrogen) atoms. The van der Waals surface area contributed by atoms with E-state index in [0.29, 0.717) is 12.0 Å². The van der Waals surface area contributed by atoms with Crippen LogP contribution in [-0.2, 0) is 9.53 Å². The van der Waals surface area contributed by atoms with Crippen molar-refractivity contribution in [2.24, 2.45) is 0 Å². The maximum absolute atomic E-state index is 11.2. The number of rotatable bonds is 2. The number of anilines is 1. The van der Waals surface area contributed by atoms with Crippen LogP contribution in [0.4, 0.5) is 5.69 Å². The maximum Gasteiger partial charge on any atom is 0.221 e. The van der Waals surface area contributed by atoms with Crippen LogP contribution >= 0.6 is 11.3 Å². The Morgan fingerprint density at radius 1 is 1.17 bits per heavy atom. The zero-order chi connectivity index (χ0) is 15.8. The summed E-state index contributed by atoms with van der Waals surface area (Å²) >= 11 is 1.88. The van der Waals surface area contributed by atoms with Gasteiger partial charge in [-0.3, -0.25) is 4.79 Å². The molecule has 2 aliphatic rings. The molecule has 3 atom stereocenters. The lowest BCUT2D eigenvalue weighted by molar-refractivity contribution is -0.114. The highest BCUT2D eigenvalue weighted by Gasteiger charge is 2.38. The van der Waals surface area contributed by atoms with E-state index in [1.807, 2.05) is 23.5 Å². The molecule has 2 aromatic rings. The molecule has 0 spiro atoms. The van der Waals surface area contributed by atoms with Crippen LogP contribution in [0.1, 0.15) is 60.6 Å². The van der Waals surface area contributed by atoms with Crippen LogP contribution in [0, 0.1) is 0 Å². The van der Waals surface area contributed by atoms with Gasteiger partial charge >= 0.3 is 0 Å². The van der Waals surface area contributed by atoms with Crippen LogP contribution in [0.3, 0.4) is 0 Å². The minimum Gasteiger partial charge on any atom is -0.365 e. The van der Waals surface area contributed by atoms with Crippen LogP contribution < -0.4 is 5.32 Å². The molecular formula is C19H21NO2S. The Balaban J connectivity index is 1.65. The minimum atomic E-state index is -0.0446. The second-order valence-corrected chi connectivity index (χ2v) is 7.44. The van der Waals surface area contributed by atoms with Crippen molar-refractivity contribution in [1.29, 1.82) is 0 Å². The summed E-state index contributed by atoms with van der Waals surface area (Å²) in [6, 6.07) is 10.3. The smallest absolute Gasteiger partial charge is 0.221 e. The Labute approximate surface area is 140 Å². The van der Waals surface area contributed by atoms with E-state index in [9.17, 15) is 4.79 Å². The van der Waals surface area contributed by atoms with Gasteiger partial charge in [-0.25, -0.2) is 0 Å². The van der Waals surface area contributed by atoms with Crippen molar-refractivity contribution in [1.82, 2.24) is 0 Å². The average Bonchev–Trinajstić information content (AvgIpc) is 3.04. The summed E-state index contributed by atoms with van der Waals surface area (Å²) < 4.78 is 6.50. The molecule has 1 aliphatic carbocycles. The van der Waals surface area contributed by atoms with Crippen LogP contribution in [0.5, 0.6) is 0 Å². The first-order chi connectivity index (χ1) is 11.2. The molecule has 0 bridgehead atoms. The Kier molecular flexibility index (Phi) is 3.95. The molecule has 1 aromatic heterocycles. The van der Waals surface area contributed by atoms with Gasteiger partial charge in [0.05, 0.1) is 6.10 Å². The summed E-state index contributed by atoms with van der Waals surface area (Å²) in [6.07, 6.45) is 5.40. The highest BCUT2D eigenvalue weighted by atomic mass is 32.1.